The van der Waals surface area contributed by atoms with Crippen molar-refractivity contribution in [3.05, 3.63) is 34.9 Å². The number of rotatable bonds is 0. The number of halogens is 3. The maximum absolute atomic E-state index is 13.2. The maximum atomic E-state index is 13.2. The van der Waals surface area contributed by atoms with Gasteiger partial charge in [-0.3, -0.25) is 0 Å². The SMILES string of the molecule is Cc1ccc(F)c(C#CCCl)c1F. The van der Waals surface area contributed by atoms with Crippen LogP contribution in [-0.4, -0.2) is 5.88 Å². The van der Waals surface area contributed by atoms with Crippen LogP contribution in [0.4, 0.5) is 8.78 Å². The molecule has 13 heavy (non-hydrogen) atoms. The van der Waals surface area contributed by atoms with E-state index in [1.807, 2.05) is 0 Å². The molecule has 0 aromatic heterocycles. The van der Waals surface area contributed by atoms with E-state index in [9.17, 15) is 8.78 Å². The number of aryl methyl sites for hydroxylation is 1. The van der Waals surface area contributed by atoms with Crippen molar-refractivity contribution in [2.45, 2.75) is 6.92 Å². The summed E-state index contributed by atoms with van der Waals surface area (Å²) in [6, 6.07) is 2.56. The zero-order valence-corrected chi connectivity index (χ0v) is 7.75. The molecule has 0 radical (unpaired) electrons. The van der Waals surface area contributed by atoms with Gasteiger partial charge in [-0.05, 0) is 18.6 Å². The van der Waals surface area contributed by atoms with Crippen molar-refractivity contribution < 1.29 is 8.78 Å². The van der Waals surface area contributed by atoms with Gasteiger partial charge in [0.1, 0.15) is 11.6 Å². The van der Waals surface area contributed by atoms with E-state index in [4.69, 9.17) is 11.6 Å². The van der Waals surface area contributed by atoms with Crippen molar-refractivity contribution in [1.82, 2.24) is 0 Å². The zero-order chi connectivity index (χ0) is 9.84. The molecule has 1 aromatic carbocycles. The summed E-state index contributed by atoms with van der Waals surface area (Å²) in [7, 11) is 0. The van der Waals surface area contributed by atoms with Gasteiger partial charge >= 0.3 is 0 Å². The third kappa shape index (κ3) is 2.19. The van der Waals surface area contributed by atoms with Crippen LogP contribution in [0.3, 0.4) is 0 Å². The lowest BCUT2D eigenvalue weighted by molar-refractivity contribution is 0.571. The molecule has 0 amide bonds. The van der Waals surface area contributed by atoms with Crippen LogP contribution >= 0.6 is 11.6 Å². The maximum Gasteiger partial charge on any atom is 0.144 e. The van der Waals surface area contributed by atoms with E-state index in [0.29, 0.717) is 5.56 Å². The Morgan fingerprint density at radius 1 is 1.38 bits per heavy atom. The van der Waals surface area contributed by atoms with Crippen molar-refractivity contribution in [1.29, 1.82) is 0 Å². The van der Waals surface area contributed by atoms with Crippen LogP contribution in [-0.2, 0) is 0 Å². The summed E-state index contributed by atoms with van der Waals surface area (Å²) in [4.78, 5) is 0. The Hall–Kier alpha value is -1.07. The quantitative estimate of drug-likeness (QED) is 0.446. The highest BCUT2D eigenvalue weighted by molar-refractivity contribution is 6.19. The first-order valence-electron chi connectivity index (χ1n) is 3.66. The Bertz CT molecular complexity index is 374. The highest BCUT2D eigenvalue weighted by atomic mass is 35.5. The minimum atomic E-state index is -0.652. The van der Waals surface area contributed by atoms with Crippen molar-refractivity contribution in [2.75, 3.05) is 5.88 Å². The summed E-state index contributed by atoms with van der Waals surface area (Å²) in [6.07, 6.45) is 0. The van der Waals surface area contributed by atoms with E-state index in [-0.39, 0.29) is 11.4 Å². The van der Waals surface area contributed by atoms with Crippen LogP contribution in [0.1, 0.15) is 11.1 Å². The Morgan fingerprint density at radius 2 is 2.08 bits per heavy atom. The van der Waals surface area contributed by atoms with Crippen LogP contribution < -0.4 is 0 Å². The van der Waals surface area contributed by atoms with Gasteiger partial charge in [0, 0.05) is 0 Å². The molecular formula is C10H7ClF2. The van der Waals surface area contributed by atoms with Gasteiger partial charge in [-0.2, -0.15) is 0 Å². The van der Waals surface area contributed by atoms with E-state index < -0.39 is 11.6 Å². The van der Waals surface area contributed by atoms with Gasteiger partial charge in [-0.25, -0.2) is 8.78 Å². The number of benzene rings is 1. The lowest BCUT2D eigenvalue weighted by Crippen LogP contribution is -1.93. The second kappa shape index (κ2) is 4.25. The van der Waals surface area contributed by atoms with Crippen LogP contribution in [0.25, 0.3) is 0 Å². The molecule has 0 unspecified atom stereocenters. The van der Waals surface area contributed by atoms with Gasteiger partial charge < -0.3 is 0 Å². The van der Waals surface area contributed by atoms with Gasteiger partial charge in [0.25, 0.3) is 0 Å². The molecule has 1 aromatic rings. The predicted octanol–water partition coefficient (Wildman–Crippen LogP) is 2.86. The standard InChI is InChI=1S/C10H7ClF2/c1-7-4-5-9(12)8(10(7)13)3-2-6-11/h4-5H,6H2,1H3. The largest absolute Gasteiger partial charge is 0.206 e. The minimum Gasteiger partial charge on any atom is -0.206 e. The summed E-state index contributed by atoms with van der Waals surface area (Å²) >= 11 is 5.28. The van der Waals surface area contributed by atoms with Gasteiger partial charge in [-0.15, -0.1) is 11.6 Å². The van der Waals surface area contributed by atoms with Crippen LogP contribution in [0.5, 0.6) is 0 Å². The molecule has 0 N–H and O–H groups in total. The molecule has 1 rings (SSSR count). The predicted molar refractivity (Wildman–Crippen MR) is 48.7 cm³/mol. The molecule has 3 heteroatoms. The molecule has 0 aliphatic rings. The summed E-state index contributed by atoms with van der Waals surface area (Å²) in [6.45, 7) is 1.56. The van der Waals surface area contributed by atoms with Crippen molar-refractivity contribution in [2.24, 2.45) is 0 Å². The number of hydrogen-bond acceptors (Lipinski definition) is 0. The van der Waals surface area contributed by atoms with Crippen molar-refractivity contribution >= 4 is 11.6 Å². The summed E-state index contributed by atoms with van der Waals surface area (Å²) in [5.41, 5.74) is 0.168. The van der Waals surface area contributed by atoms with E-state index in [1.165, 1.54) is 12.1 Å². The smallest absolute Gasteiger partial charge is 0.144 e. The summed E-state index contributed by atoms with van der Waals surface area (Å²) < 4.78 is 26.2. The number of hydrogen-bond donors (Lipinski definition) is 0. The average Bonchev–Trinajstić information content (AvgIpc) is 2.12. The molecule has 0 heterocycles. The normalized spacial score (nSPS) is 9.23. The minimum absolute atomic E-state index is 0.0623. The van der Waals surface area contributed by atoms with Gasteiger partial charge in [0.2, 0.25) is 0 Å². The monoisotopic (exact) mass is 200 g/mol. The van der Waals surface area contributed by atoms with E-state index in [2.05, 4.69) is 11.8 Å². The number of alkyl halides is 1. The second-order valence-electron chi connectivity index (χ2n) is 2.49. The lowest BCUT2D eigenvalue weighted by Gasteiger charge is -1.99. The average molecular weight is 201 g/mol. The van der Waals surface area contributed by atoms with Gasteiger partial charge in [0.05, 0.1) is 11.4 Å². The molecule has 0 bridgehead atoms. The first-order valence-corrected chi connectivity index (χ1v) is 4.19. The first-order chi connectivity index (χ1) is 6.16. The molecule has 0 nitrogen and oxygen atoms in total. The molecule has 0 saturated carbocycles. The molecule has 0 aliphatic heterocycles. The highest BCUT2D eigenvalue weighted by Crippen LogP contribution is 2.14. The fraction of sp³-hybridized carbons (Fsp3) is 0.200. The third-order valence-corrected chi connectivity index (χ3v) is 1.70. The van der Waals surface area contributed by atoms with Gasteiger partial charge in [-0.1, -0.05) is 17.9 Å². The summed E-state index contributed by atoms with van der Waals surface area (Å²) in [5, 5.41) is 0. The molecule has 0 saturated heterocycles. The van der Waals surface area contributed by atoms with Crippen molar-refractivity contribution in [3.8, 4) is 11.8 Å². The molecular weight excluding hydrogens is 194 g/mol. The molecule has 0 fully saturated rings. The third-order valence-electron chi connectivity index (χ3n) is 1.56. The zero-order valence-electron chi connectivity index (χ0n) is 7.00. The Morgan fingerprint density at radius 3 is 2.69 bits per heavy atom. The summed E-state index contributed by atoms with van der Waals surface area (Å²) in [5.74, 6) is 3.55. The van der Waals surface area contributed by atoms with E-state index in [1.54, 1.807) is 6.92 Å². The lowest BCUT2D eigenvalue weighted by atomic mass is 10.1. The van der Waals surface area contributed by atoms with Crippen molar-refractivity contribution in [3.63, 3.8) is 0 Å². The van der Waals surface area contributed by atoms with Crippen LogP contribution in [0.15, 0.2) is 12.1 Å². The topological polar surface area (TPSA) is 0 Å². The van der Waals surface area contributed by atoms with E-state index >= 15 is 0 Å². The van der Waals surface area contributed by atoms with E-state index in [0.717, 1.165) is 0 Å². The fourth-order valence-corrected chi connectivity index (χ4v) is 0.960. The molecule has 0 spiro atoms. The molecule has 0 aliphatic carbocycles. The Kier molecular flexibility index (Phi) is 3.27. The van der Waals surface area contributed by atoms with Crippen LogP contribution in [0.2, 0.25) is 0 Å². The van der Waals surface area contributed by atoms with Gasteiger partial charge in [0.15, 0.2) is 0 Å². The van der Waals surface area contributed by atoms with Crippen LogP contribution in [0, 0.1) is 30.4 Å². The first kappa shape index (κ1) is 10.0. The Balaban J connectivity index is 3.25. The molecule has 0 atom stereocenters. The Labute approximate surface area is 80.5 Å². The second-order valence-corrected chi connectivity index (χ2v) is 2.76. The molecule has 68 valence electrons. The highest BCUT2D eigenvalue weighted by Gasteiger charge is 2.08. The fourth-order valence-electron chi connectivity index (χ4n) is 0.893.